The normalized spacial score (nSPS) is 11.0. The molecule has 0 atom stereocenters. The van der Waals surface area contributed by atoms with Crippen LogP contribution in [0, 0.1) is 5.41 Å². The van der Waals surface area contributed by atoms with Crippen LogP contribution in [0.1, 0.15) is 25.8 Å². The molecule has 2 aromatic rings. The van der Waals surface area contributed by atoms with Gasteiger partial charge in [-0.05, 0) is 56.5 Å². The highest BCUT2D eigenvalue weighted by Crippen LogP contribution is 2.20. The number of hydrogen-bond donors (Lipinski definition) is 2. The van der Waals surface area contributed by atoms with Gasteiger partial charge in [-0.2, -0.15) is 0 Å². The van der Waals surface area contributed by atoms with Crippen molar-refractivity contribution in [3.8, 4) is 0 Å². The van der Waals surface area contributed by atoms with E-state index in [1.807, 2.05) is 18.2 Å². The Labute approximate surface area is 153 Å². The van der Waals surface area contributed by atoms with Gasteiger partial charge in [-0.15, -0.1) is 0 Å². The molecule has 2 amide bonds. The largest absolute Gasteiger partial charge is 0.355 e. The molecule has 0 heterocycles. The summed E-state index contributed by atoms with van der Waals surface area (Å²) in [6, 6.07) is 16.9. The number of carbonyl (C=O) groups excluding carboxylic acids is 2. The van der Waals surface area contributed by atoms with Crippen LogP contribution >= 0.6 is 11.6 Å². The lowest BCUT2D eigenvalue weighted by Gasteiger charge is -2.22. The highest BCUT2D eigenvalue weighted by atomic mass is 35.5. The number of anilines is 1. The molecule has 0 radical (unpaired) electrons. The van der Waals surface area contributed by atoms with Gasteiger partial charge in [0.2, 0.25) is 11.8 Å². The Bertz CT molecular complexity index is 712. The molecule has 2 N–H and O–H groups in total. The molecule has 0 unspecified atom stereocenters. The first kappa shape index (κ1) is 19.0. The quantitative estimate of drug-likeness (QED) is 0.579. The summed E-state index contributed by atoms with van der Waals surface area (Å²) in [5, 5.41) is 6.19. The lowest BCUT2D eigenvalue weighted by Crippen LogP contribution is -2.45. The number of hydrogen-bond acceptors (Lipinski definition) is 2. The van der Waals surface area contributed by atoms with Crippen LogP contribution < -0.4 is 10.6 Å². The van der Waals surface area contributed by atoms with Crippen molar-refractivity contribution in [3.63, 3.8) is 0 Å². The second-order valence-corrected chi connectivity index (χ2v) is 6.87. The lowest BCUT2D eigenvalue weighted by molar-refractivity contribution is -0.138. The molecular weight excluding hydrogens is 336 g/mol. The van der Waals surface area contributed by atoms with Gasteiger partial charge in [0.25, 0.3) is 0 Å². The summed E-state index contributed by atoms with van der Waals surface area (Å²) in [5.74, 6) is -0.637. The van der Waals surface area contributed by atoms with Gasteiger partial charge < -0.3 is 10.6 Å². The van der Waals surface area contributed by atoms with E-state index < -0.39 is 5.41 Å². The van der Waals surface area contributed by atoms with Crippen LogP contribution in [-0.2, 0) is 16.0 Å². The molecule has 0 aliphatic heterocycles. The van der Waals surface area contributed by atoms with E-state index in [0.29, 0.717) is 17.3 Å². The van der Waals surface area contributed by atoms with Crippen LogP contribution in [0.2, 0.25) is 5.02 Å². The van der Waals surface area contributed by atoms with Gasteiger partial charge in [-0.25, -0.2) is 0 Å². The number of nitrogens with one attached hydrogen (secondary N) is 2. The fraction of sp³-hybridized carbons (Fsp3) is 0.300. The van der Waals surface area contributed by atoms with Crippen molar-refractivity contribution in [1.29, 1.82) is 0 Å². The van der Waals surface area contributed by atoms with Gasteiger partial charge in [0.15, 0.2) is 0 Å². The summed E-state index contributed by atoms with van der Waals surface area (Å²) in [7, 11) is 0. The van der Waals surface area contributed by atoms with Crippen molar-refractivity contribution in [2.45, 2.75) is 26.7 Å². The van der Waals surface area contributed by atoms with E-state index in [2.05, 4.69) is 22.8 Å². The first-order chi connectivity index (χ1) is 11.9. The minimum Gasteiger partial charge on any atom is -0.355 e. The maximum absolute atomic E-state index is 12.4. The molecule has 0 saturated carbocycles. The Kier molecular flexibility index (Phi) is 6.59. The fourth-order valence-corrected chi connectivity index (χ4v) is 2.41. The standard InChI is InChI=1S/C20H23ClN2O2/c1-20(2,19(25)23-17-12-10-16(21)11-13-17)18(24)22-14-6-9-15-7-4-3-5-8-15/h3-5,7-8,10-13H,6,9,14H2,1-2H3,(H,22,24)(H,23,25). The first-order valence-corrected chi connectivity index (χ1v) is 8.66. The summed E-state index contributed by atoms with van der Waals surface area (Å²) in [5.41, 5.74) is 0.683. The molecule has 5 heteroatoms. The van der Waals surface area contributed by atoms with Crippen molar-refractivity contribution in [2.75, 3.05) is 11.9 Å². The smallest absolute Gasteiger partial charge is 0.239 e. The van der Waals surface area contributed by atoms with E-state index in [1.54, 1.807) is 38.1 Å². The predicted molar refractivity (Wildman–Crippen MR) is 102 cm³/mol. The highest BCUT2D eigenvalue weighted by Gasteiger charge is 2.35. The summed E-state index contributed by atoms with van der Waals surface area (Å²) in [6.07, 6.45) is 1.71. The second kappa shape index (κ2) is 8.67. The Morgan fingerprint density at radius 1 is 0.960 bits per heavy atom. The van der Waals surface area contributed by atoms with E-state index in [0.717, 1.165) is 12.8 Å². The predicted octanol–water partition coefficient (Wildman–Crippen LogP) is 4.05. The SMILES string of the molecule is CC(C)(C(=O)NCCCc1ccccc1)C(=O)Nc1ccc(Cl)cc1. The van der Waals surface area contributed by atoms with Crippen molar-refractivity contribution in [1.82, 2.24) is 5.32 Å². The molecule has 0 fully saturated rings. The number of rotatable bonds is 7. The molecule has 25 heavy (non-hydrogen) atoms. The lowest BCUT2D eigenvalue weighted by atomic mass is 9.91. The third-order valence-electron chi connectivity index (χ3n) is 4.01. The maximum Gasteiger partial charge on any atom is 0.239 e. The molecule has 0 aliphatic rings. The van der Waals surface area contributed by atoms with Crippen LogP contribution in [-0.4, -0.2) is 18.4 Å². The minimum atomic E-state index is -1.16. The van der Waals surface area contributed by atoms with E-state index in [-0.39, 0.29) is 11.8 Å². The van der Waals surface area contributed by atoms with Gasteiger partial charge in [-0.1, -0.05) is 41.9 Å². The third-order valence-corrected chi connectivity index (χ3v) is 4.26. The summed E-state index contributed by atoms with van der Waals surface area (Å²) in [4.78, 5) is 24.8. The molecule has 2 aromatic carbocycles. The van der Waals surface area contributed by atoms with Crippen molar-refractivity contribution < 1.29 is 9.59 Å². The van der Waals surface area contributed by atoms with Gasteiger partial charge in [0, 0.05) is 17.3 Å². The van der Waals surface area contributed by atoms with E-state index in [1.165, 1.54) is 5.56 Å². The maximum atomic E-state index is 12.4. The van der Waals surface area contributed by atoms with Crippen LogP contribution in [0.4, 0.5) is 5.69 Å². The van der Waals surface area contributed by atoms with Crippen LogP contribution in [0.15, 0.2) is 54.6 Å². The Balaban J connectivity index is 1.81. The van der Waals surface area contributed by atoms with E-state index in [4.69, 9.17) is 11.6 Å². The zero-order valence-electron chi connectivity index (χ0n) is 14.5. The monoisotopic (exact) mass is 358 g/mol. The number of aryl methyl sites for hydroxylation is 1. The van der Waals surface area contributed by atoms with Gasteiger partial charge in [0.05, 0.1) is 0 Å². The third kappa shape index (κ3) is 5.61. The number of benzene rings is 2. The molecule has 2 rings (SSSR count). The minimum absolute atomic E-state index is 0.285. The zero-order valence-corrected chi connectivity index (χ0v) is 15.3. The van der Waals surface area contributed by atoms with Crippen LogP contribution in [0.3, 0.4) is 0 Å². The Morgan fingerprint density at radius 2 is 1.60 bits per heavy atom. The average molecular weight is 359 g/mol. The van der Waals surface area contributed by atoms with Crippen molar-refractivity contribution >= 4 is 29.1 Å². The molecule has 0 spiro atoms. The van der Waals surface area contributed by atoms with Crippen molar-refractivity contribution in [3.05, 3.63) is 65.2 Å². The molecule has 4 nitrogen and oxygen atoms in total. The van der Waals surface area contributed by atoms with E-state index in [9.17, 15) is 9.59 Å². The Hall–Kier alpha value is -2.33. The Morgan fingerprint density at radius 3 is 2.24 bits per heavy atom. The molecule has 132 valence electrons. The fourth-order valence-electron chi connectivity index (χ4n) is 2.28. The topological polar surface area (TPSA) is 58.2 Å². The molecule has 0 aromatic heterocycles. The van der Waals surface area contributed by atoms with Gasteiger partial charge in [0.1, 0.15) is 5.41 Å². The zero-order chi connectivity index (χ0) is 18.3. The molecule has 0 saturated heterocycles. The first-order valence-electron chi connectivity index (χ1n) is 8.29. The molecular formula is C20H23ClN2O2. The summed E-state index contributed by atoms with van der Waals surface area (Å²) >= 11 is 5.83. The number of amides is 2. The van der Waals surface area contributed by atoms with Crippen LogP contribution in [0.5, 0.6) is 0 Å². The number of carbonyl (C=O) groups is 2. The van der Waals surface area contributed by atoms with Crippen LogP contribution in [0.25, 0.3) is 0 Å². The average Bonchev–Trinajstić information content (AvgIpc) is 2.61. The highest BCUT2D eigenvalue weighted by molar-refractivity contribution is 6.30. The second-order valence-electron chi connectivity index (χ2n) is 6.43. The summed E-state index contributed by atoms with van der Waals surface area (Å²) < 4.78 is 0. The molecule has 0 bridgehead atoms. The summed E-state index contributed by atoms with van der Waals surface area (Å²) in [6.45, 7) is 3.76. The van der Waals surface area contributed by atoms with E-state index >= 15 is 0 Å². The van der Waals surface area contributed by atoms with Gasteiger partial charge >= 0.3 is 0 Å². The number of halogens is 1. The molecule has 0 aliphatic carbocycles. The van der Waals surface area contributed by atoms with Gasteiger partial charge in [-0.3, -0.25) is 9.59 Å². The van der Waals surface area contributed by atoms with Crippen molar-refractivity contribution in [2.24, 2.45) is 5.41 Å².